The van der Waals surface area contributed by atoms with Crippen LogP contribution in [-0.2, 0) is 6.42 Å². The van der Waals surface area contributed by atoms with Crippen molar-refractivity contribution in [2.45, 2.75) is 30.7 Å². The van der Waals surface area contributed by atoms with Crippen LogP contribution >= 0.6 is 11.8 Å². The SMILES string of the molecule is CCc1ccc(-c2nc(S[C@H](C)c3nnc(-c4ccc(F)cc4)o3)n[nH]2)cc1. The van der Waals surface area contributed by atoms with Crippen LogP contribution in [-0.4, -0.2) is 25.4 Å². The molecule has 4 aromatic rings. The first kappa shape index (κ1) is 18.4. The molecular weight excluding hydrogens is 377 g/mol. The van der Waals surface area contributed by atoms with Gasteiger partial charge in [-0.2, -0.15) is 0 Å². The van der Waals surface area contributed by atoms with Gasteiger partial charge in [0.05, 0.1) is 5.25 Å². The highest BCUT2D eigenvalue weighted by molar-refractivity contribution is 7.99. The fraction of sp³-hybridized carbons (Fsp3) is 0.200. The number of hydrogen-bond acceptors (Lipinski definition) is 6. The zero-order valence-electron chi connectivity index (χ0n) is 15.4. The van der Waals surface area contributed by atoms with Gasteiger partial charge in [0.25, 0.3) is 0 Å². The monoisotopic (exact) mass is 395 g/mol. The first-order chi connectivity index (χ1) is 13.6. The molecule has 2 aromatic carbocycles. The van der Waals surface area contributed by atoms with Crippen molar-refractivity contribution in [3.8, 4) is 22.8 Å². The Morgan fingerprint density at radius 2 is 1.75 bits per heavy atom. The summed E-state index contributed by atoms with van der Waals surface area (Å²) in [6.07, 6.45) is 0.999. The molecule has 0 radical (unpaired) electrons. The van der Waals surface area contributed by atoms with Gasteiger partial charge in [-0.15, -0.1) is 15.3 Å². The fourth-order valence-corrected chi connectivity index (χ4v) is 3.40. The Morgan fingerprint density at radius 3 is 2.46 bits per heavy atom. The molecule has 0 saturated heterocycles. The van der Waals surface area contributed by atoms with Gasteiger partial charge >= 0.3 is 0 Å². The normalized spacial score (nSPS) is 12.2. The van der Waals surface area contributed by atoms with Gasteiger partial charge in [0, 0.05) is 11.1 Å². The summed E-state index contributed by atoms with van der Waals surface area (Å²) in [6, 6.07) is 14.2. The molecule has 0 fully saturated rings. The Kier molecular flexibility index (Phi) is 5.21. The number of H-pyrrole nitrogens is 1. The molecule has 0 aliphatic rings. The van der Waals surface area contributed by atoms with Crippen molar-refractivity contribution in [3.05, 3.63) is 65.8 Å². The predicted molar refractivity (Wildman–Crippen MR) is 105 cm³/mol. The Bertz CT molecular complexity index is 1060. The average Bonchev–Trinajstić information content (AvgIpc) is 3.39. The third kappa shape index (κ3) is 3.96. The third-order valence-corrected chi connectivity index (χ3v) is 5.21. The summed E-state index contributed by atoms with van der Waals surface area (Å²) in [5.74, 6) is 1.23. The van der Waals surface area contributed by atoms with Crippen LogP contribution < -0.4 is 0 Å². The van der Waals surface area contributed by atoms with Gasteiger partial charge in [0.2, 0.25) is 16.9 Å². The largest absolute Gasteiger partial charge is 0.419 e. The van der Waals surface area contributed by atoms with Crippen LogP contribution in [0.15, 0.2) is 58.1 Å². The molecule has 0 aliphatic heterocycles. The molecule has 1 N–H and O–H groups in total. The van der Waals surface area contributed by atoms with E-state index in [1.54, 1.807) is 12.1 Å². The second-order valence-electron chi connectivity index (χ2n) is 6.23. The maximum atomic E-state index is 13.1. The van der Waals surface area contributed by atoms with Crippen LogP contribution in [0.3, 0.4) is 0 Å². The van der Waals surface area contributed by atoms with E-state index in [4.69, 9.17) is 4.42 Å². The highest BCUT2D eigenvalue weighted by atomic mass is 32.2. The number of rotatable bonds is 6. The predicted octanol–water partition coefficient (Wildman–Crippen LogP) is 5.08. The molecule has 8 heteroatoms. The molecule has 6 nitrogen and oxygen atoms in total. The molecule has 0 amide bonds. The molecule has 2 heterocycles. The molecule has 1 atom stereocenters. The minimum Gasteiger partial charge on any atom is -0.419 e. The quantitative estimate of drug-likeness (QED) is 0.459. The lowest BCUT2D eigenvalue weighted by Crippen LogP contribution is -1.89. The van der Waals surface area contributed by atoms with E-state index in [2.05, 4.69) is 44.4 Å². The number of hydrogen-bond donors (Lipinski definition) is 1. The number of halogens is 1. The molecular formula is C20H18FN5OS. The fourth-order valence-electron chi connectivity index (χ4n) is 2.64. The van der Waals surface area contributed by atoms with Crippen molar-refractivity contribution in [1.82, 2.24) is 25.4 Å². The van der Waals surface area contributed by atoms with E-state index in [0.717, 1.165) is 17.8 Å². The van der Waals surface area contributed by atoms with Crippen molar-refractivity contribution < 1.29 is 8.81 Å². The van der Waals surface area contributed by atoms with Gasteiger partial charge in [0.1, 0.15) is 5.82 Å². The van der Waals surface area contributed by atoms with Gasteiger partial charge in [0.15, 0.2) is 5.82 Å². The van der Waals surface area contributed by atoms with Crippen LogP contribution in [0.2, 0.25) is 0 Å². The molecule has 0 bridgehead atoms. The van der Waals surface area contributed by atoms with E-state index < -0.39 is 0 Å². The van der Waals surface area contributed by atoms with Crippen molar-refractivity contribution >= 4 is 11.8 Å². The second-order valence-corrected chi connectivity index (χ2v) is 7.54. The number of nitrogens with one attached hydrogen (secondary N) is 1. The highest BCUT2D eigenvalue weighted by Gasteiger charge is 2.19. The Balaban J connectivity index is 1.46. The number of benzene rings is 2. The van der Waals surface area contributed by atoms with Crippen molar-refractivity contribution in [2.75, 3.05) is 0 Å². The zero-order valence-corrected chi connectivity index (χ0v) is 16.2. The van der Waals surface area contributed by atoms with E-state index in [9.17, 15) is 4.39 Å². The standard InChI is InChI=1S/C20H18FN5OS/c1-3-13-4-6-14(7-5-13)17-22-20(26-23-17)28-12(2)18-24-25-19(27-18)15-8-10-16(21)11-9-15/h4-12H,3H2,1-2H3,(H,22,23,26)/t12-/m1/s1. The summed E-state index contributed by atoms with van der Waals surface area (Å²) in [4.78, 5) is 4.54. The number of aromatic nitrogens is 5. The molecule has 0 unspecified atom stereocenters. The molecule has 0 saturated carbocycles. The van der Waals surface area contributed by atoms with Gasteiger partial charge in [-0.3, -0.25) is 5.10 Å². The maximum absolute atomic E-state index is 13.1. The van der Waals surface area contributed by atoms with Crippen LogP contribution in [0.25, 0.3) is 22.8 Å². The maximum Gasteiger partial charge on any atom is 0.247 e. The van der Waals surface area contributed by atoms with E-state index in [0.29, 0.717) is 22.5 Å². The van der Waals surface area contributed by atoms with Gasteiger partial charge in [-0.1, -0.05) is 43.0 Å². The molecule has 0 aliphatic carbocycles. The average molecular weight is 395 g/mol. The Labute approximate surface area is 165 Å². The summed E-state index contributed by atoms with van der Waals surface area (Å²) in [5.41, 5.74) is 2.94. The first-order valence-electron chi connectivity index (χ1n) is 8.90. The van der Waals surface area contributed by atoms with Gasteiger partial charge in [-0.05, 0) is 43.2 Å². The van der Waals surface area contributed by atoms with Crippen molar-refractivity contribution in [2.24, 2.45) is 0 Å². The molecule has 0 spiro atoms. The second kappa shape index (κ2) is 7.93. The summed E-state index contributed by atoms with van der Waals surface area (Å²) >= 11 is 1.42. The number of aromatic amines is 1. The number of nitrogens with zero attached hydrogens (tertiary/aromatic N) is 4. The summed E-state index contributed by atoms with van der Waals surface area (Å²) < 4.78 is 18.8. The smallest absolute Gasteiger partial charge is 0.247 e. The minimum absolute atomic E-state index is 0.132. The zero-order chi connectivity index (χ0) is 19.5. The molecule has 142 valence electrons. The first-order valence-corrected chi connectivity index (χ1v) is 9.78. The van der Waals surface area contributed by atoms with E-state index in [1.165, 1.54) is 29.5 Å². The lowest BCUT2D eigenvalue weighted by molar-refractivity contribution is 0.509. The van der Waals surface area contributed by atoms with E-state index >= 15 is 0 Å². The van der Waals surface area contributed by atoms with Gasteiger partial charge in [-0.25, -0.2) is 9.37 Å². The van der Waals surface area contributed by atoms with E-state index in [1.807, 2.05) is 19.1 Å². The van der Waals surface area contributed by atoms with Crippen LogP contribution in [0.4, 0.5) is 4.39 Å². The van der Waals surface area contributed by atoms with Crippen molar-refractivity contribution in [1.29, 1.82) is 0 Å². The molecule has 4 rings (SSSR count). The summed E-state index contributed by atoms with van der Waals surface area (Å²) in [6.45, 7) is 4.07. The summed E-state index contributed by atoms with van der Waals surface area (Å²) in [7, 11) is 0. The lowest BCUT2D eigenvalue weighted by atomic mass is 10.1. The highest BCUT2D eigenvalue weighted by Crippen LogP contribution is 2.34. The van der Waals surface area contributed by atoms with Crippen LogP contribution in [0.5, 0.6) is 0 Å². The minimum atomic E-state index is -0.308. The third-order valence-electron chi connectivity index (χ3n) is 4.26. The van der Waals surface area contributed by atoms with Crippen LogP contribution in [0, 0.1) is 5.82 Å². The molecule has 28 heavy (non-hydrogen) atoms. The Hall–Kier alpha value is -3.00. The lowest BCUT2D eigenvalue weighted by Gasteiger charge is -2.02. The number of aryl methyl sites for hydroxylation is 1. The van der Waals surface area contributed by atoms with Crippen molar-refractivity contribution in [3.63, 3.8) is 0 Å². The topological polar surface area (TPSA) is 80.5 Å². The van der Waals surface area contributed by atoms with Crippen LogP contribution in [0.1, 0.15) is 30.6 Å². The summed E-state index contributed by atoms with van der Waals surface area (Å²) in [5, 5.41) is 15.9. The number of thioether (sulfide) groups is 1. The molecule has 2 aromatic heterocycles. The van der Waals surface area contributed by atoms with E-state index in [-0.39, 0.29) is 11.1 Å². The van der Waals surface area contributed by atoms with Gasteiger partial charge < -0.3 is 4.42 Å². The Morgan fingerprint density at radius 1 is 1.04 bits per heavy atom.